The van der Waals surface area contributed by atoms with Crippen molar-refractivity contribution in [1.82, 2.24) is 4.98 Å². The van der Waals surface area contributed by atoms with Gasteiger partial charge in [-0.1, -0.05) is 30.3 Å². The molecule has 2 aromatic carbocycles. The Morgan fingerprint density at radius 3 is 2.71 bits per heavy atom. The van der Waals surface area contributed by atoms with E-state index in [1.807, 2.05) is 36.4 Å². The van der Waals surface area contributed by atoms with Crippen LogP contribution in [-0.4, -0.2) is 4.98 Å². The van der Waals surface area contributed by atoms with Gasteiger partial charge in [0, 0.05) is 30.8 Å². The largest absolute Gasteiger partial charge is 0.455 e. The first kappa shape index (κ1) is 7.41. The zero-order chi connectivity index (χ0) is 19.4. The van der Waals surface area contributed by atoms with Gasteiger partial charge in [0.05, 0.1) is 5.69 Å². The van der Waals surface area contributed by atoms with Crippen LogP contribution in [-0.2, 0) is 0 Å². The van der Waals surface area contributed by atoms with E-state index >= 15 is 0 Å². The lowest BCUT2D eigenvalue weighted by Gasteiger charge is -2.05. The zero-order valence-electron chi connectivity index (χ0n) is 17.1. The fourth-order valence-electron chi connectivity index (χ4n) is 2.55. The number of fused-ring (bicyclic) bond motifs is 3. The number of benzene rings is 2. The lowest BCUT2D eigenvalue weighted by molar-refractivity contribution is 0.670. The number of aryl methyl sites for hydroxylation is 2. The van der Waals surface area contributed by atoms with Crippen molar-refractivity contribution in [3.05, 3.63) is 65.9 Å². The highest BCUT2D eigenvalue weighted by atomic mass is 16.3. The molecule has 2 aromatic heterocycles. The molecule has 0 unspecified atom stereocenters. The Morgan fingerprint density at radius 1 is 0.952 bits per heavy atom. The fourth-order valence-corrected chi connectivity index (χ4v) is 2.55. The Labute approximate surface area is 131 Å². The van der Waals surface area contributed by atoms with E-state index in [1.165, 1.54) is 6.07 Å². The van der Waals surface area contributed by atoms with Crippen LogP contribution < -0.4 is 0 Å². The highest BCUT2D eigenvalue weighted by molar-refractivity contribution is 6.09. The van der Waals surface area contributed by atoms with Crippen LogP contribution in [0.4, 0.5) is 0 Å². The van der Waals surface area contributed by atoms with Gasteiger partial charge in [-0.3, -0.25) is 4.98 Å². The lowest BCUT2D eigenvalue weighted by Crippen LogP contribution is -1.88. The van der Waals surface area contributed by atoms with E-state index in [0.717, 1.165) is 22.6 Å². The molecule has 21 heavy (non-hydrogen) atoms. The summed E-state index contributed by atoms with van der Waals surface area (Å²) >= 11 is 0. The number of rotatable bonds is 1. The van der Waals surface area contributed by atoms with E-state index in [9.17, 15) is 0 Å². The zero-order valence-corrected chi connectivity index (χ0v) is 11.1. The van der Waals surface area contributed by atoms with E-state index in [4.69, 9.17) is 12.6 Å². The normalized spacial score (nSPS) is 16.8. The Balaban J connectivity index is 1.99. The molecule has 2 heteroatoms. The maximum Gasteiger partial charge on any atom is 0.144 e. The average Bonchev–Trinajstić information content (AvgIpc) is 2.98. The molecule has 0 spiro atoms. The lowest BCUT2D eigenvalue weighted by atomic mass is 10.0. The summed E-state index contributed by atoms with van der Waals surface area (Å²) in [7, 11) is 0. The van der Waals surface area contributed by atoms with Crippen molar-refractivity contribution in [1.29, 1.82) is 0 Å². The minimum absolute atomic E-state index is 0.222. The molecule has 0 radical (unpaired) electrons. The van der Waals surface area contributed by atoms with Gasteiger partial charge in [-0.05, 0) is 43.0 Å². The molecule has 0 aliphatic heterocycles. The Kier molecular flexibility index (Phi) is 1.57. The third kappa shape index (κ3) is 1.83. The van der Waals surface area contributed by atoms with Crippen molar-refractivity contribution in [3.8, 4) is 11.3 Å². The number of para-hydroxylation sites is 2. The third-order valence-electron chi connectivity index (χ3n) is 3.58. The summed E-state index contributed by atoms with van der Waals surface area (Å²) in [6.07, 6.45) is 1.13. The van der Waals surface area contributed by atoms with Crippen LogP contribution in [0.2, 0.25) is 0 Å². The van der Waals surface area contributed by atoms with Crippen molar-refractivity contribution >= 4 is 21.9 Å². The number of pyridine rings is 1. The van der Waals surface area contributed by atoms with Gasteiger partial charge in [0.2, 0.25) is 0 Å². The summed E-state index contributed by atoms with van der Waals surface area (Å²) in [4.78, 5) is 4.24. The van der Waals surface area contributed by atoms with Gasteiger partial charge in [-0.25, -0.2) is 0 Å². The summed E-state index contributed by atoms with van der Waals surface area (Å²) < 4.78 is 52.0. The molecule has 2 nitrogen and oxygen atoms in total. The SMILES string of the molecule is [2H]C([2H])([2H])c1cnc(-c2cccc3c2oc2ccccc23)cc1C([2H])([2H])[2H]. The van der Waals surface area contributed by atoms with Crippen molar-refractivity contribution in [2.24, 2.45) is 0 Å². The molecule has 0 fully saturated rings. The first-order valence-electron chi connectivity index (χ1n) is 9.58. The third-order valence-corrected chi connectivity index (χ3v) is 3.58. The second-order valence-corrected chi connectivity index (χ2v) is 4.90. The average molecular weight is 279 g/mol. The minimum atomic E-state index is -2.57. The Morgan fingerprint density at radius 2 is 1.81 bits per heavy atom. The molecule has 0 N–H and O–H groups in total. The molecule has 0 aliphatic carbocycles. The molecule has 0 atom stereocenters. The first-order chi connectivity index (χ1) is 12.7. The quantitative estimate of drug-likeness (QED) is 0.474. The van der Waals surface area contributed by atoms with Gasteiger partial charge >= 0.3 is 0 Å². The van der Waals surface area contributed by atoms with Crippen molar-refractivity contribution in [2.45, 2.75) is 13.7 Å². The van der Waals surface area contributed by atoms with Crippen LogP contribution in [0.3, 0.4) is 0 Å². The second kappa shape index (κ2) is 4.45. The van der Waals surface area contributed by atoms with Crippen LogP contribution in [0.25, 0.3) is 33.2 Å². The smallest absolute Gasteiger partial charge is 0.144 e. The maximum absolute atomic E-state index is 7.74. The molecule has 4 rings (SSSR count). The van der Waals surface area contributed by atoms with Crippen LogP contribution >= 0.6 is 0 Å². The van der Waals surface area contributed by atoms with E-state index in [1.54, 1.807) is 6.07 Å². The minimum Gasteiger partial charge on any atom is -0.455 e. The molecular weight excluding hydrogens is 258 g/mol. The molecule has 0 amide bonds. The predicted molar refractivity (Wildman–Crippen MR) is 86.4 cm³/mol. The maximum atomic E-state index is 7.74. The van der Waals surface area contributed by atoms with Gasteiger partial charge in [0.1, 0.15) is 11.2 Å². The first-order valence-corrected chi connectivity index (χ1v) is 6.58. The van der Waals surface area contributed by atoms with Gasteiger partial charge in [0.25, 0.3) is 0 Å². The van der Waals surface area contributed by atoms with Gasteiger partial charge in [0.15, 0.2) is 0 Å². The molecule has 102 valence electrons. The van der Waals surface area contributed by atoms with Gasteiger partial charge in [-0.2, -0.15) is 0 Å². The van der Waals surface area contributed by atoms with E-state index in [0.29, 0.717) is 16.8 Å². The molecule has 0 bridgehead atoms. The van der Waals surface area contributed by atoms with Crippen LogP contribution in [0.15, 0.2) is 59.1 Å². The van der Waals surface area contributed by atoms with Crippen molar-refractivity contribution < 1.29 is 12.6 Å². The summed E-state index contributed by atoms with van der Waals surface area (Å²) in [6.45, 7) is -5.12. The Hall–Kier alpha value is -2.61. The summed E-state index contributed by atoms with van der Waals surface area (Å²) in [6, 6.07) is 14.5. The van der Waals surface area contributed by atoms with Gasteiger partial charge in [-0.15, -0.1) is 0 Å². The highest BCUT2D eigenvalue weighted by Crippen LogP contribution is 2.35. The highest BCUT2D eigenvalue weighted by Gasteiger charge is 2.12. The number of nitrogens with zero attached hydrogens (tertiary/aromatic N) is 1. The number of hydrogen-bond donors (Lipinski definition) is 0. The summed E-state index contributed by atoms with van der Waals surface area (Å²) in [5.41, 5.74) is 1.80. The van der Waals surface area contributed by atoms with Crippen LogP contribution in [0.1, 0.15) is 19.4 Å². The van der Waals surface area contributed by atoms with Crippen molar-refractivity contribution in [3.63, 3.8) is 0 Å². The molecule has 4 aromatic rings. The molecular formula is C19H15NO. The number of hydrogen-bond acceptors (Lipinski definition) is 2. The number of aromatic nitrogens is 1. The van der Waals surface area contributed by atoms with Gasteiger partial charge < -0.3 is 4.42 Å². The van der Waals surface area contributed by atoms with E-state index < -0.39 is 13.7 Å². The van der Waals surface area contributed by atoms with E-state index in [-0.39, 0.29) is 11.1 Å². The summed E-state index contributed by atoms with van der Waals surface area (Å²) in [5, 5.41) is 1.84. The standard InChI is InChI=1S/C19H15NO/c1-12-10-17(20-11-13(12)2)16-8-5-7-15-14-6-3-4-9-18(14)21-19(15)16/h3-11H,1-2H3/i1D3,2D3. The predicted octanol–water partition coefficient (Wildman–Crippen LogP) is 5.26. The van der Waals surface area contributed by atoms with E-state index in [2.05, 4.69) is 4.98 Å². The van der Waals surface area contributed by atoms with Crippen LogP contribution in [0.5, 0.6) is 0 Å². The molecule has 0 aliphatic rings. The van der Waals surface area contributed by atoms with Crippen molar-refractivity contribution in [2.75, 3.05) is 0 Å². The molecule has 2 heterocycles. The second-order valence-electron chi connectivity index (χ2n) is 4.90. The molecule has 0 saturated carbocycles. The topological polar surface area (TPSA) is 26.0 Å². The Bertz CT molecular complexity index is 1160. The fraction of sp³-hybridized carbons (Fsp3) is 0.105. The summed E-state index contributed by atoms with van der Waals surface area (Å²) in [5.74, 6) is 0. The number of furan rings is 1. The monoisotopic (exact) mass is 279 g/mol. The molecule has 0 saturated heterocycles. The van der Waals surface area contributed by atoms with Crippen LogP contribution in [0, 0.1) is 13.7 Å².